The number of nitrogen functional groups attached to an aromatic ring is 1. The highest BCUT2D eigenvalue weighted by atomic mass is 35.5. The van der Waals surface area contributed by atoms with Crippen molar-refractivity contribution in [2.75, 3.05) is 5.73 Å². The van der Waals surface area contributed by atoms with Gasteiger partial charge in [-0.2, -0.15) is 0 Å². The van der Waals surface area contributed by atoms with E-state index in [0.717, 1.165) is 29.3 Å². The van der Waals surface area contributed by atoms with Crippen LogP contribution in [0.1, 0.15) is 49.9 Å². The van der Waals surface area contributed by atoms with Gasteiger partial charge in [-0.1, -0.05) is 37.3 Å². The lowest BCUT2D eigenvalue weighted by Gasteiger charge is -2.12. The Balaban J connectivity index is 1.90. The topological polar surface area (TPSA) is 94.0 Å². The fourth-order valence-corrected chi connectivity index (χ4v) is 3.99. The number of rotatable bonds is 2. The first kappa shape index (κ1) is 20.4. The van der Waals surface area contributed by atoms with Gasteiger partial charge in [0, 0.05) is 28.6 Å². The average Bonchev–Trinajstić information content (AvgIpc) is 3.31. The number of nitrogens with zero attached hydrogens (tertiary/aromatic N) is 3. The van der Waals surface area contributed by atoms with Crippen molar-refractivity contribution in [2.45, 2.75) is 45.1 Å². The molecule has 0 spiro atoms. The van der Waals surface area contributed by atoms with Crippen molar-refractivity contribution in [2.24, 2.45) is 5.92 Å². The molecule has 7 heteroatoms. The Morgan fingerprint density at radius 2 is 2.07 bits per heavy atom. The molecule has 30 heavy (non-hydrogen) atoms. The summed E-state index contributed by atoms with van der Waals surface area (Å²) in [6, 6.07) is 5.62. The number of anilines is 1. The van der Waals surface area contributed by atoms with Crippen molar-refractivity contribution in [3.63, 3.8) is 0 Å². The summed E-state index contributed by atoms with van der Waals surface area (Å²) in [5.41, 5.74) is 7.50. The van der Waals surface area contributed by atoms with E-state index in [2.05, 4.69) is 21.8 Å². The van der Waals surface area contributed by atoms with Crippen LogP contribution in [0, 0.1) is 17.8 Å². The van der Waals surface area contributed by atoms with Crippen molar-refractivity contribution < 1.29 is 9.90 Å². The highest BCUT2D eigenvalue weighted by molar-refractivity contribution is 6.33. The molecule has 1 aliphatic rings. The summed E-state index contributed by atoms with van der Waals surface area (Å²) >= 11 is 6.35. The van der Waals surface area contributed by atoms with E-state index < -0.39 is 5.60 Å². The van der Waals surface area contributed by atoms with Gasteiger partial charge in [0.05, 0.1) is 22.4 Å². The van der Waals surface area contributed by atoms with E-state index in [0.29, 0.717) is 29.1 Å². The average molecular weight is 423 g/mol. The van der Waals surface area contributed by atoms with E-state index in [4.69, 9.17) is 17.3 Å². The number of halogens is 1. The number of fused-ring (bicyclic) bond motifs is 1. The zero-order valence-electron chi connectivity index (χ0n) is 16.9. The molecular formula is C23H23ClN4O2. The van der Waals surface area contributed by atoms with Gasteiger partial charge >= 0.3 is 0 Å². The lowest BCUT2D eigenvalue weighted by atomic mass is 10.0. The molecule has 2 heterocycles. The molecule has 1 aliphatic carbocycles. The number of benzene rings is 1. The van der Waals surface area contributed by atoms with E-state index in [-0.39, 0.29) is 17.8 Å². The molecule has 0 amide bonds. The predicted octanol–water partition coefficient (Wildman–Crippen LogP) is 4.29. The van der Waals surface area contributed by atoms with Gasteiger partial charge in [0.15, 0.2) is 0 Å². The first-order valence-electron chi connectivity index (χ1n) is 10.0. The molecular weight excluding hydrogens is 400 g/mol. The van der Waals surface area contributed by atoms with Gasteiger partial charge in [-0.05, 0) is 43.9 Å². The van der Waals surface area contributed by atoms with Crippen LogP contribution in [0.2, 0.25) is 5.02 Å². The molecule has 0 radical (unpaired) electrons. The molecule has 4 rings (SSSR count). The first-order chi connectivity index (χ1) is 14.3. The minimum Gasteiger partial charge on any atom is -0.378 e. The maximum absolute atomic E-state index is 12.8. The van der Waals surface area contributed by atoms with Crippen molar-refractivity contribution in [1.29, 1.82) is 0 Å². The van der Waals surface area contributed by atoms with Gasteiger partial charge < -0.3 is 10.8 Å². The molecule has 2 aromatic heterocycles. The van der Waals surface area contributed by atoms with Crippen molar-refractivity contribution in [3.8, 4) is 23.1 Å². The molecule has 1 fully saturated rings. The summed E-state index contributed by atoms with van der Waals surface area (Å²) in [6.07, 6.45) is 6.56. The Kier molecular flexibility index (Phi) is 5.27. The molecule has 0 saturated heterocycles. The standard InChI is InChI=1S/C23H23ClN4O2/c1-14(2)21(29)28-13-17(20-18(24)12-26-22(25)27-20)16-11-15(5-6-19(16)28)7-10-23(30)8-3-4-9-23/h5-6,11-14,30H,3-4,8-9H2,1-2H3,(H2,25,26,27). The van der Waals surface area contributed by atoms with E-state index in [1.54, 1.807) is 10.8 Å². The Morgan fingerprint density at radius 1 is 1.33 bits per heavy atom. The highest BCUT2D eigenvalue weighted by Crippen LogP contribution is 2.35. The number of carbonyl (C=O) groups excluding carboxylic acids is 1. The molecule has 0 aliphatic heterocycles. The van der Waals surface area contributed by atoms with Gasteiger partial charge in [0.2, 0.25) is 11.9 Å². The summed E-state index contributed by atoms with van der Waals surface area (Å²) < 4.78 is 1.62. The van der Waals surface area contributed by atoms with Crippen LogP contribution < -0.4 is 5.73 Å². The third kappa shape index (κ3) is 3.79. The lowest BCUT2D eigenvalue weighted by molar-refractivity contribution is 0.0860. The predicted molar refractivity (Wildman–Crippen MR) is 118 cm³/mol. The normalized spacial score (nSPS) is 15.4. The zero-order chi connectivity index (χ0) is 21.5. The molecule has 154 valence electrons. The number of aliphatic hydroxyl groups is 1. The van der Waals surface area contributed by atoms with Crippen LogP contribution in [-0.4, -0.2) is 31.1 Å². The van der Waals surface area contributed by atoms with Crippen LogP contribution in [0.15, 0.2) is 30.6 Å². The second-order valence-electron chi connectivity index (χ2n) is 8.05. The molecule has 3 aromatic rings. The van der Waals surface area contributed by atoms with Gasteiger partial charge in [0.1, 0.15) is 5.60 Å². The highest BCUT2D eigenvalue weighted by Gasteiger charge is 2.28. The van der Waals surface area contributed by atoms with Crippen molar-refractivity contribution in [3.05, 3.63) is 41.2 Å². The summed E-state index contributed by atoms with van der Waals surface area (Å²) in [4.78, 5) is 21.0. The maximum atomic E-state index is 12.8. The molecule has 1 saturated carbocycles. The van der Waals surface area contributed by atoms with E-state index in [1.807, 2.05) is 32.0 Å². The Bertz CT molecular complexity index is 1200. The second-order valence-corrected chi connectivity index (χ2v) is 8.46. The molecule has 3 N–H and O–H groups in total. The summed E-state index contributed by atoms with van der Waals surface area (Å²) in [6.45, 7) is 3.71. The minimum absolute atomic E-state index is 0.0384. The van der Waals surface area contributed by atoms with Crippen LogP contribution in [0.25, 0.3) is 22.2 Å². The second kappa shape index (κ2) is 7.75. The number of hydrogen-bond acceptors (Lipinski definition) is 5. The SMILES string of the molecule is CC(C)C(=O)n1cc(-c2nc(N)ncc2Cl)c2cc(C#CC3(O)CCCC3)ccc21. The summed E-state index contributed by atoms with van der Waals surface area (Å²) in [7, 11) is 0. The summed E-state index contributed by atoms with van der Waals surface area (Å²) in [5, 5.41) is 11.7. The Hall–Kier alpha value is -2.88. The summed E-state index contributed by atoms with van der Waals surface area (Å²) in [5.74, 6) is 6.01. The molecule has 6 nitrogen and oxygen atoms in total. The number of carbonyl (C=O) groups is 1. The Morgan fingerprint density at radius 3 is 2.77 bits per heavy atom. The van der Waals surface area contributed by atoms with Crippen molar-refractivity contribution >= 4 is 34.4 Å². The van der Waals surface area contributed by atoms with E-state index in [1.165, 1.54) is 6.20 Å². The largest absolute Gasteiger partial charge is 0.378 e. The molecule has 0 bridgehead atoms. The number of aromatic nitrogens is 3. The van der Waals surface area contributed by atoms with Crippen LogP contribution in [0.4, 0.5) is 5.95 Å². The van der Waals surface area contributed by atoms with Crippen LogP contribution in [0.5, 0.6) is 0 Å². The Labute approximate surface area is 180 Å². The van der Waals surface area contributed by atoms with Gasteiger partial charge in [0.25, 0.3) is 0 Å². The maximum Gasteiger partial charge on any atom is 0.233 e. The number of hydrogen-bond donors (Lipinski definition) is 2. The monoisotopic (exact) mass is 422 g/mol. The number of nitrogens with two attached hydrogens (primary N) is 1. The lowest BCUT2D eigenvalue weighted by Crippen LogP contribution is -2.20. The first-order valence-corrected chi connectivity index (χ1v) is 10.4. The fraction of sp³-hybridized carbons (Fsp3) is 0.348. The van der Waals surface area contributed by atoms with Gasteiger partial charge in [-0.3, -0.25) is 9.36 Å². The van der Waals surface area contributed by atoms with E-state index >= 15 is 0 Å². The van der Waals surface area contributed by atoms with Crippen LogP contribution in [-0.2, 0) is 0 Å². The molecule has 0 unspecified atom stereocenters. The smallest absolute Gasteiger partial charge is 0.233 e. The third-order valence-corrected chi connectivity index (χ3v) is 5.70. The fourth-order valence-electron chi connectivity index (χ4n) is 3.80. The molecule has 1 aromatic carbocycles. The van der Waals surface area contributed by atoms with Gasteiger partial charge in [-0.25, -0.2) is 9.97 Å². The minimum atomic E-state index is -0.915. The molecule has 0 atom stereocenters. The third-order valence-electron chi connectivity index (χ3n) is 5.42. The quantitative estimate of drug-likeness (QED) is 0.601. The van der Waals surface area contributed by atoms with Crippen molar-refractivity contribution in [1.82, 2.24) is 14.5 Å². The van der Waals surface area contributed by atoms with E-state index in [9.17, 15) is 9.90 Å². The van der Waals surface area contributed by atoms with Gasteiger partial charge in [-0.15, -0.1) is 0 Å². The van der Waals surface area contributed by atoms with Crippen LogP contribution >= 0.6 is 11.6 Å². The van der Waals surface area contributed by atoms with Crippen LogP contribution in [0.3, 0.4) is 0 Å². The zero-order valence-corrected chi connectivity index (χ0v) is 17.7.